The standard InChI is InChI=1S/C16H19N3O5S/c1-2-17-16(23)18-13(20)9-24-15(22)7-8-19-11-5-3-4-6-12(11)25-10-14(19)21/h3-6H,2,7-10H2,1H3,(H2,17,18,20,23). The summed E-state index contributed by atoms with van der Waals surface area (Å²) >= 11 is 1.46. The highest BCUT2D eigenvalue weighted by Crippen LogP contribution is 2.34. The average Bonchev–Trinajstić information content (AvgIpc) is 2.59. The Hall–Kier alpha value is -2.55. The zero-order chi connectivity index (χ0) is 18.2. The minimum absolute atomic E-state index is 0.0425. The smallest absolute Gasteiger partial charge is 0.321 e. The third kappa shape index (κ3) is 5.49. The molecule has 2 rings (SSSR count). The van der Waals surface area contributed by atoms with Crippen molar-refractivity contribution in [3.05, 3.63) is 24.3 Å². The highest BCUT2D eigenvalue weighted by molar-refractivity contribution is 8.00. The van der Waals surface area contributed by atoms with E-state index in [4.69, 9.17) is 4.74 Å². The molecule has 2 N–H and O–H groups in total. The number of imide groups is 1. The van der Waals surface area contributed by atoms with Crippen molar-refractivity contribution in [2.24, 2.45) is 0 Å². The lowest BCUT2D eigenvalue weighted by Crippen LogP contribution is -2.41. The molecule has 0 spiro atoms. The monoisotopic (exact) mass is 365 g/mol. The number of para-hydroxylation sites is 1. The lowest BCUT2D eigenvalue weighted by Gasteiger charge is -2.28. The molecule has 0 aromatic heterocycles. The van der Waals surface area contributed by atoms with Crippen LogP contribution in [0.4, 0.5) is 10.5 Å². The second kappa shape index (κ2) is 9.07. The number of rotatable bonds is 6. The molecule has 1 aromatic rings. The van der Waals surface area contributed by atoms with Gasteiger partial charge in [-0.2, -0.15) is 0 Å². The highest BCUT2D eigenvalue weighted by atomic mass is 32.2. The number of anilines is 1. The number of urea groups is 1. The van der Waals surface area contributed by atoms with Crippen LogP contribution in [0.2, 0.25) is 0 Å². The number of ether oxygens (including phenoxy) is 1. The largest absolute Gasteiger partial charge is 0.456 e. The topological polar surface area (TPSA) is 105 Å². The summed E-state index contributed by atoms with van der Waals surface area (Å²) in [5.41, 5.74) is 0.769. The fraction of sp³-hybridized carbons (Fsp3) is 0.375. The third-order valence-electron chi connectivity index (χ3n) is 3.30. The average molecular weight is 365 g/mol. The zero-order valence-corrected chi connectivity index (χ0v) is 14.6. The summed E-state index contributed by atoms with van der Waals surface area (Å²) in [6.45, 7) is 1.72. The zero-order valence-electron chi connectivity index (χ0n) is 13.7. The molecule has 1 aliphatic heterocycles. The van der Waals surface area contributed by atoms with E-state index in [1.807, 2.05) is 29.6 Å². The van der Waals surface area contributed by atoms with Gasteiger partial charge in [0.15, 0.2) is 6.61 Å². The Morgan fingerprint density at radius 2 is 2.04 bits per heavy atom. The summed E-state index contributed by atoms with van der Waals surface area (Å²) in [6, 6.07) is 6.82. The Balaban J connectivity index is 1.79. The summed E-state index contributed by atoms with van der Waals surface area (Å²) in [6.07, 6.45) is -0.0425. The molecular formula is C16H19N3O5S. The van der Waals surface area contributed by atoms with Gasteiger partial charge in [0.2, 0.25) is 5.91 Å². The normalized spacial score (nSPS) is 13.0. The van der Waals surface area contributed by atoms with Crippen molar-refractivity contribution in [3.8, 4) is 0 Å². The Labute approximate surface area is 149 Å². The molecule has 0 saturated heterocycles. The van der Waals surface area contributed by atoms with Gasteiger partial charge in [-0.3, -0.25) is 19.7 Å². The van der Waals surface area contributed by atoms with Gasteiger partial charge in [-0.15, -0.1) is 11.8 Å². The van der Waals surface area contributed by atoms with Crippen LogP contribution < -0.4 is 15.5 Å². The van der Waals surface area contributed by atoms with Crippen molar-refractivity contribution in [3.63, 3.8) is 0 Å². The number of esters is 1. The van der Waals surface area contributed by atoms with E-state index in [9.17, 15) is 19.2 Å². The molecule has 0 fully saturated rings. The molecule has 134 valence electrons. The number of thioether (sulfide) groups is 1. The van der Waals surface area contributed by atoms with E-state index >= 15 is 0 Å². The van der Waals surface area contributed by atoms with Crippen LogP contribution in [0.1, 0.15) is 13.3 Å². The molecule has 1 heterocycles. The minimum atomic E-state index is -0.713. The van der Waals surface area contributed by atoms with E-state index in [0.29, 0.717) is 12.3 Å². The SMILES string of the molecule is CCNC(=O)NC(=O)COC(=O)CCN1C(=O)CSc2ccccc21. The molecule has 1 aromatic carbocycles. The number of nitrogens with zero attached hydrogens (tertiary/aromatic N) is 1. The van der Waals surface area contributed by atoms with E-state index in [1.54, 1.807) is 11.8 Å². The molecule has 1 aliphatic rings. The first-order chi connectivity index (χ1) is 12.0. The summed E-state index contributed by atoms with van der Waals surface area (Å²) < 4.78 is 4.82. The summed E-state index contributed by atoms with van der Waals surface area (Å²) in [7, 11) is 0. The summed E-state index contributed by atoms with van der Waals surface area (Å²) in [4.78, 5) is 49.0. The number of amides is 4. The van der Waals surface area contributed by atoms with Crippen molar-refractivity contribution in [1.29, 1.82) is 0 Å². The maximum Gasteiger partial charge on any atom is 0.321 e. The van der Waals surface area contributed by atoms with Crippen LogP contribution in [0, 0.1) is 0 Å². The van der Waals surface area contributed by atoms with Crippen molar-refractivity contribution >= 4 is 41.3 Å². The Morgan fingerprint density at radius 1 is 1.28 bits per heavy atom. The second-order valence-electron chi connectivity index (χ2n) is 5.12. The van der Waals surface area contributed by atoms with Crippen LogP contribution in [0.5, 0.6) is 0 Å². The first kappa shape index (κ1) is 18.8. The minimum Gasteiger partial charge on any atom is -0.456 e. The first-order valence-corrected chi connectivity index (χ1v) is 8.75. The second-order valence-corrected chi connectivity index (χ2v) is 6.14. The maximum atomic E-state index is 12.1. The molecule has 0 radical (unpaired) electrons. The number of hydrogen-bond acceptors (Lipinski definition) is 6. The first-order valence-electron chi connectivity index (χ1n) is 7.76. The van der Waals surface area contributed by atoms with E-state index < -0.39 is 24.5 Å². The molecule has 4 amide bonds. The lowest BCUT2D eigenvalue weighted by molar-refractivity contribution is -0.148. The Kier molecular flexibility index (Phi) is 6.81. The van der Waals surface area contributed by atoms with Crippen molar-refractivity contribution in [1.82, 2.24) is 10.6 Å². The quantitative estimate of drug-likeness (QED) is 0.726. The van der Waals surface area contributed by atoms with Gasteiger partial charge in [0.05, 0.1) is 17.9 Å². The van der Waals surface area contributed by atoms with E-state index in [0.717, 1.165) is 10.6 Å². The van der Waals surface area contributed by atoms with Gasteiger partial charge >= 0.3 is 12.0 Å². The van der Waals surface area contributed by atoms with Crippen molar-refractivity contribution in [2.75, 3.05) is 30.3 Å². The molecule has 9 heteroatoms. The maximum absolute atomic E-state index is 12.1. The molecule has 25 heavy (non-hydrogen) atoms. The van der Waals surface area contributed by atoms with Gasteiger partial charge in [-0.25, -0.2) is 4.79 Å². The van der Waals surface area contributed by atoms with Gasteiger partial charge in [-0.1, -0.05) is 12.1 Å². The Bertz CT molecular complexity index is 679. The van der Waals surface area contributed by atoms with E-state index in [1.165, 1.54) is 11.8 Å². The van der Waals surface area contributed by atoms with Crippen molar-refractivity contribution in [2.45, 2.75) is 18.2 Å². The number of hydrogen-bond donors (Lipinski definition) is 2. The molecule has 0 saturated carbocycles. The number of carbonyl (C=O) groups excluding carboxylic acids is 4. The summed E-state index contributed by atoms with van der Waals surface area (Å²) in [5.74, 6) is -1.09. The van der Waals surface area contributed by atoms with Gasteiger partial charge in [0, 0.05) is 18.0 Å². The number of nitrogens with one attached hydrogen (secondary N) is 2. The van der Waals surface area contributed by atoms with Gasteiger partial charge in [-0.05, 0) is 19.1 Å². The molecule has 0 unspecified atom stereocenters. The van der Waals surface area contributed by atoms with Crippen LogP contribution >= 0.6 is 11.8 Å². The number of fused-ring (bicyclic) bond motifs is 1. The van der Waals surface area contributed by atoms with Crippen LogP contribution in [-0.4, -0.2) is 49.3 Å². The van der Waals surface area contributed by atoms with Gasteiger partial charge in [0.1, 0.15) is 0 Å². The van der Waals surface area contributed by atoms with E-state index in [2.05, 4.69) is 5.32 Å². The third-order valence-corrected chi connectivity index (χ3v) is 4.35. The molecule has 8 nitrogen and oxygen atoms in total. The fourth-order valence-corrected chi connectivity index (χ4v) is 3.12. The predicted octanol–water partition coefficient (Wildman–Crippen LogP) is 0.904. The van der Waals surface area contributed by atoms with Crippen LogP contribution in [0.25, 0.3) is 0 Å². The van der Waals surface area contributed by atoms with E-state index in [-0.39, 0.29) is 18.9 Å². The fourth-order valence-electron chi connectivity index (χ4n) is 2.19. The van der Waals surface area contributed by atoms with Gasteiger partial charge in [0.25, 0.3) is 5.91 Å². The summed E-state index contributed by atoms with van der Waals surface area (Å²) in [5, 5.41) is 4.42. The molecule has 0 aliphatic carbocycles. The molecule has 0 atom stereocenters. The number of carbonyl (C=O) groups is 4. The lowest BCUT2D eigenvalue weighted by atomic mass is 10.2. The predicted molar refractivity (Wildman–Crippen MR) is 92.3 cm³/mol. The Morgan fingerprint density at radius 3 is 2.80 bits per heavy atom. The van der Waals surface area contributed by atoms with Crippen LogP contribution in [0.3, 0.4) is 0 Å². The number of benzene rings is 1. The van der Waals surface area contributed by atoms with Crippen molar-refractivity contribution < 1.29 is 23.9 Å². The van der Waals surface area contributed by atoms with Crippen LogP contribution in [-0.2, 0) is 19.1 Å². The molecular weight excluding hydrogens is 346 g/mol. The van der Waals surface area contributed by atoms with Crippen LogP contribution in [0.15, 0.2) is 29.2 Å². The van der Waals surface area contributed by atoms with Gasteiger partial charge < -0.3 is 15.0 Å². The highest BCUT2D eigenvalue weighted by Gasteiger charge is 2.25. The molecule has 0 bridgehead atoms.